The molecule has 2 amide bonds. The van der Waals surface area contributed by atoms with Crippen molar-refractivity contribution in [2.45, 2.75) is 12.8 Å². The average molecular weight is 585 g/mol. The fraction of sp³-hybridized carbons (Fsp3) is 0.286. The zero-order valence-electron chi connectivity index (χ0n) is 22.7. The molecule has 0 bridgehead atoms. The number of carbonyl (C=O) groups excluding carboxylic acids is 2. The smallest absolute Gasteiger partial charge is 0.263 e. The summed E-state index contributed by atoms with van der Waals surface area (Å²) in [5.74, 6) is 1.98. The van der Waals surface area contributed by atoms with Crippen molar-refractivity contribution in [3.63, 3.8) is 0 Å². The van der Waals surface area contributed by atoms with Crippen molar-refractivity contribution in [1.29, 1.82) is 0 Å². The summed E-state index contributed by atoms with van der Waals surface area (Å²) in [6, 6.07) is 11.2. The lowest BCUT2D eigenvalue weighted by Gasteiger charge is -2.10. The van der Waals surface area contributed by atoms with Crippen LogP contribution in [0.2, 0.25) is 0 Å². The number of hydrogen-bond donors (Lipinski definition) is 4. The van der Waals surface area contributed by atoms with Crippen LogP contribution in [0.1, 0.15) is 30.5 Å². The predicted molar refractivity (Wildman–Crippen MR) is 160 cm³/mol. The summed E-state index contributed by atoms with van der Waals surface area (Å²) in [5.41, 5.74) is 15.2. The highest BCUT2D eigenvalue weighted by Gasteiger charge is 2.24. The molecule has 4 rings (SSSR count). The van der Waals surface area contributed by atoms with E-state index in [0.29, 0.717) is 64.1 Å². The van der Waals surface area contributed by atoms with Crippen molar-refractivity contribution in [2.75, 3.05) is 53.0 Å². The first kappa shape index (κ1) is 28.8. The molecular formula is C28H32N4O6S2. The first-order valence-corrected chi connectivity index (χ1v) is 14.0. The maximum absolute atomic E-state index is 12.9. The highest BCUT2D eigenvalue weighted by molar-refractivity contribution is 7.40. The van der Waals surface area contributed by atoms with Gasteiger partial charge in [-0.1, -0.05) is 12.1 Å². The number of benzene rings is 2. The first-order chi connectivity index (χ1) is 19.3. The Kier molecular flexibility index (Phi) is 9.22. The van der Waals surface area contributed by atoms with Crippen LogP contribution >= 0.6 is 22.7 Å². The van der Waals surface area contributed by atoms with Gasteiger partial charge in [0.05, 0.1) is 49.2 Å². The van der Waals surface area contributed by atoms with E-state index in [2.05, 4.69) is 10.6 Å². The Morgan fingerprint density at radius 1 is 0.675 bits per heavy atom. The number of methoxy groups -OCH3 is 4. The largest absolute Gasteiger partial charge is 0.493 e. The topological polar surface area (TPSA) is 147 Å². The van der Waals surface area contributed by atoms with Gasteiger partial charge >= 0.3 is 0 Å². The number of amides is 2. The minimum atomic E-state index is -0.285. The van der Waals surface area contributed by atoms with E-state index in [1.807, 2.05) is 36.4 Å². The number of fused-ring (bicyclic) bond motifs is 1. The Morgan fingerprint density at radius 2 is 1.07 bits per heavy atom. The van der Waals surface area contributed by atoms with Crippen molar-refractivity contribution < 1.29 is 28.5 Å². The summed E-state index contributed by atoms with van der Waals surface area (Å²) in [6.45, 7) is 0.811. The molecule has 0 saturated carbocycles. The van der Waals surface area contributed by atoms with E-state index >= 15 is 0 Å². The van der Waals surface area contributed by atoms with E-state index in [-0.39, 0.29) is 23.2 Å². The van der Waals surface area contributed by atoms with Crippen LogP contribution in [0.25, 0.3) is 9.40 Å². The standard InChI is InChI=1S/C28H32N4O6S2/c1-35-17-7-5-15(13-19(17)37-3)9-11-31-26(33)24-22(29)21-23(30)25(40-28(21)39-24)27(34)32-12-10-16-6-8-18(36-2)20(14-16)38-4/h5-8,13-14H,9-12,29-30H2,1-4H3,(H,31,33)(H,32,34). The molecule has 12 heteroatoms. The van der Waals surface area contributed by atoms with Gasteiger partial charge in [0.2, 0.25) is 0 Å². The van der Waals surface area contributed by atoms with Crippen molar-refractivity contribution >= 4 is 55.3 Å². The van der Waals surface area contributed by atoms with Gasteiger partial charge in [-0.2, -0.15) is 0 Å². The molecule has 0 aliphatic rings. The van der Waals surface area contributed by atoms with Crippen LogP contribution in [-0.4, -0.2) is 53.3 Å². The van der Waals surface area contributed by atoms with Gasteiger partial charge in [0.25, 0.3) is 11.8 Å². The molecule has 0 fully saturated rings. The van der Waals surface area contributed by atoms with Gasteiger partial charge < -0.3 is 41.0 Å². The maximum atomic E-state index is 12.9. The van der Waals surface area contributed by atoms with Crippen molar-refractivity contribution in [3.8, 4) is 23.0 Å². The van der Waals surface area contributed by atoms with Crippen molar-refractivity contribution in [3.05, 3.63) is 57.3 Å². The fourth-order valence-electron chi connectivity index (χ4n) is 4.22. The summed E-state index contributed by atoms with van der Waals surface area (Å²) in [6.07, 6.45) is 1.20. The lowest BCUT2D eigenvalue weighted by molar-refractivity contribution is 0.0951. The number of anilines is 2. The molecule has 0 spiro atoms. The summed E-state index contributed by atoms with van der Waals surface area (Å²) in [7, 11) is 6.32. The van der Waals surface area contributed by atoms with Crippen LogP contribution in [0.4, 0.5) is 11.4 Å². The van der Waals surface area contributed by atoms with E-state index < -0.39 is 0 Å². The number of thiophene rings is 2. The third-order valence-electron chi connectivity index (χ3n) is 6.33. The van der Waals surface area contributed by atoms with Crippen LogP contribution in [-0.2, 0) is 12.8 Å². The van der Waals surface area contributed by atoms with Gasteiger partial charge in [-0.3, -0.25) is 9.59 Å². The molecular weight excluding hydrogens is 552 g/mol. The summed E-state index contributed by atoms with van der Waals surface area (Å²) < 4.78 is 21.9. The molecule has 4 aromatic rings. The molecule has 40 heavy (non-hydrogen) atoms. The summed E-state index contributed by atoms with van der Waals surface area (Å²) in [4.78, 5) is 26.5. The van der Waals surface area contributed by atoms with E-state index in [1.54, 1.807) is 28.4 Å². The number of carbonyl (C=O) groups is 2. The van der Waals surface area contributed by atoms with Crippen molar-refractivity contribution in [2.24, 2.45) is 0 Å². The van der Waals surface area contributed by atoms with Crippen LogP contribution in [0, 0.1) is 0 Å². The molecule has 2 aromatic heterocycles. The van der Waals surface area contributed by atoms with Gasteiger partial charge in [-0.05, 0) is 48.2 Å². The zero-order valence-corrected chi connectivity index (χ0v) is 24.3. The molecule has 0 aliphatic heterocycles. The monoisotopic (exact) mass is 584 g/mol. The molecule has 0 radical (unpaired) electrons. The van der Waals surface area contributed by atoms with E-state index in [9.17, 15) is 9.59 Å². The quantitative estimate of drug-likeness (QED) is 0.195. The highest BCUT2D eigenvalue weighted by Crippen LogP contribution is 2.44. The van der Waals surface area contributed by atoms with Crippen LogP contribution in [0.5, 0.6) is 23.0 Å². The molecule has 6 N–H and O–H groups in total. The van der Waals surface area contributed by atoms with Gasteiger partial charge in [-0.25, -0.2) is 0 Å². The first-order valence-electron chi connectivity index (χ1n) is 12.4. The second kappa shape index (κ2) is 12.8. The Labute approximate surface area is 240 Å². The minimum Gasteiger partial charge on any atom is -0.493 e. The number of ether oxygens (including phenoxy) is 4. The third-order valence-corrected chi connectivity index (χ3v) is 8.83. The van der Waals surface area contributed by atoms with Gasteiger partial charge in [0, 0.05) is 13.1 Å². The van der Waals surface area contributed by atoms with E-state index in [1.165, 1.54) is 22.7 Å². The zero-order chi connectivity index (χ0) is 28.8. The molecule has 0 unspecified atom stereocenters. The molecule has 0 saturated heterocycles. The minimum absolute atomic E-state index is 0.279. The Balaban J connectivity index is 1.36. The van der Waals surface area contributed by atoms with Crippen LogP contribution in [0.3, 0.4) is 0 Å². The van der Waals surface area contributed by atoms with E-state index in [0.717, 1.165) is 15.1 Å². The van der Waals surface area contributed by atoms with Gasteiger partial charge in [-0.15, -0.1) is 22.7 Å². The number of rotatable bonds is 12. The number of hydrogen-bond acceptors (Lipinski definition) is 10. The highest BCUT2D eigenvalue weighted by atomic mass is 32.2. The average Bonchev–Trinajstić information content (AvgIpc) is 3.48. The normalized spacial score (nSPS) is 10.8. The second-order valence-electron chi connectivity index (χ2n) is 8.74. The van der Waals surface area contributed by atoms with Gasteiger partial charge in [0.1, 0.15) is 9.75 Å². The molecule has 0 aliphatic carbocycles. The molecule has 2 heterocycles. The number of nitrogens with one attached hydrogen (secondary N) is 2. The number of nitrogen functional groups attached to an aromatic ring is 2. The Hall–Kier alpha value is -4.16. The lowest BCUT2D eigenvalue weighted by Crippen LogP contribution is -2.26. The molecule has 212 valence electrons. The predicted octanol–water partition coefficient (Wildman–Crippen LogP) is 4.11. The third kappa shape index (κ3) is 6.02. The van der Waals surface area contributed by atoms with Crippen LogP contribution in [0.15, 0.2) is 36.4 Å². The second-order valence-corrected chi connectivity index (χ2v) is 11.0. The Morgan fingerprint density at radius 3 is 1.43 bits per heavy atom. The fourth-order valence-corrected chi connectivity index (χ4v) is 6.66. The number of nitrogens with two attached hydrogens (primary N) is 2. The van der Waals surface area contributed by atoms with E-state index in [4.69, 9.17) is 30.4 Å². The lowest BCUT2D eigenvalue weighted by atomic mass is 10.1. The molecule has 0 atom stereocenters. The molecule has 2 aromatic carbocycles. The summed E-state index contributed by atoms with van der Waals surface area (Å²) >= 11 is 2.46. The summed E-state index contributed by atoms with van der Waals surface area (Å²) in [5, 5.41) is 6.36. The van der Waals surface area contributed by atoms with Crippen LogP contribution < -0.4 is 41.0 Å². The maximum Gasteiger partial charge on any atom is 0.263 e. The SMILES string of the molecule is COc1ccc(CCNC(=O)c2sc3sc(C(=O)NCCc4ccc(OC)c(OC)c4)c(N)c3c2N)cc1OC. The molecule has 10 nitrogen and oxygen atoms in total. The van der Waals surface area contributed by atoms with Crippen molar-refractivity contribution in [1.82, 2.24) is 10.6 Å². The van der Waals surface area contributed by atoms with Gasteiger partial charge in [0.15, 0.2) is 23.0 Å². The Bertz CT molecular complexity index is 1420.